The Kier molecular flexibility index (Phi) is 7.15. The molecule has 3 rings (SSSR count). The first-order chi connectivity index (χ1) is 14.4. The Morgan fingerprint density at radius 1 is 1.20 bits per heavy atom. The van der Waals surface area contributed by atoms with Crippen molar-refractivity contribution in [2.45, 2.75) is 25.8 Å². The van der Waals surface area contributed by atoms with E-state index < -0.39 is 23.8 Å². The van der Waals surface area contributed by atoms with Gasteiger partial charge < -0.3 is 20.6 Å². The van der Waals surface area contributed by atoms with Crippen LogP contribution in [0, 0.1) is 23.7 Å². The maximum absolute atomic E-state index is 13.3. The van der Waals surface area contributed by atoms with Crippen molar-refractivity contribution < 1.29 is 19.5 Å². The van der Waals surface area contributed by atoms with Crippen molar-refractivity contribution in [3.63, 3.8) is 0 Å². The summed E-state index contributed by atoms with van der Waals surface area (Å²) in [6, 6.07) is 6.05. The zero-order valence-corrected chi connectivity index (χ0v) is 17.9. The van der Waals surface area contributed by atoms with Gasteiger partial charge >= 0.3 is 0 Å². The van der Waals surface area contributed by atoms with Crippen LogP contribution in [0.4, 0.5) is 5.69 Å². The standard InChI is InChI=1S/C22H28ClN3O4/c1-3-6-13-9-10-14-18(17(13)20(28)24-2)22(30)26(11-12-27)19(14)21(29)25-16-8-5-4-7-15(16)23/h4-5,7-10,13-14,17-19,27H,3,6,11-12H2,1-2H3,(H,24,28)(H,25,29)/t13-,14+,17-,18+,19+/m1/s1. The number of allylic oxidation sites excluding steroid dienone is 1. The second-order valence-corrected chi connectivity index (χ2v) is 8.16. The predicted molar refractivity (Wildman–Crippen MR) is 115 cm³/mol. The van der Waals surface area contributed by atoms with E-state index in [0.29, 0.717) is 10.7 Å². The fourth-order valence-electron chi connectivity index (χ4n) is 4.75. The molecule has 1 saturated heterocycles. The topological polar surface area (TPSA) is 98.7 Å². The third-order valence-electron chi connectivity index (χ3n) is 6.02. The molecule has 1 aliphatic heterocycles. The molecule has 1 aliphatic carbocycles. The molecule has 0 radical (unpaired) electrons. The fourth-order valence-corrected chi connectivity index (χ4v) is 4.93. The average molecular weight is 434 g/mol. The van der Waals surface area contributed by atoms with Crippen LogP contribution in [0.1, 0.15) is 19.8 Å². The van der Waals surface area contributed by atoms with Crippen molar-refractivity contribution in [3.8, 4) is 0 Å². The van der Waals surface area contributed by atoms with E-state index in [9.17, 15) is 19.5 Å². The number of likely N-dealkylation sites (tertiary alicyclic amines) is 1. The number of halogens is 1. The van der Waals surface area contributed by atoms with Gasteiger partial charge in [-0.05, 0) is 24.5 Å². The molecule has 1 aromatic carbocycles. The van der Waals surface area contributed by atoms with Gasteiger partial charge in [-0.1, -0.05) is 49.2 Å². The van der Waals surface area contributed by atoms with Crippen LogP contribution in [0.15, 0.2) is 36.4 Å². The number of carbonyl (C=O) groups excluding carboxylic acids is 3. The maximum atomic E-state index is 13.3. The van der Waals surface area contributed by atoms with Crippen molar-refractivity contribution in [2.75, 3.05) is 25.5 Å². The van der Waals surface area contributed by atoms with Gasteiger partial charge in [-0.25, -0.2) is 0 Å². The van der Waals surface area contributed by atoms with E-state index >= 15 is 0 Å². The van der Waals surface area contributed by atoms with Crippen molar-refractivity contribution in [2.24, 2.45) is 23.7 Å². The second-order valence-electron chi connectivity index (χ2n) is 7.75. The van der Waals surface area contributed by atoms with Crippen LogP contribution in [-0.4, -0.2) is 54.0 Å². The molecule has 5 atom stereocenters. The molecule has 8 heteroatoms. The third-order valence-corrected chi connectivity index (χ3v) is 6.35. The first kappa shape index (κ1) is 22.3. The van der Waals surface area contributed by atoms with Crippen LogP contribution in [0.25, 0.3) is 0 Å². The van der Waals surface area contributed by atoms with Gasteiger partial charge in [0, 0.05) is 19.5 Å². The number of rotatable bonds is 7. The highest BCUT2D eigenvalue weighted by atomic mass is 35.5. The molecular formula is C22H28ClN3O4. The van der Waals surface area contributed by atoms with Crippen LogP contribution in [0.2, 0.25) is 5.02 Å². The second kappa shape index (κ2) is 9.62. The van der Waals surface area contributed by atoms with Crippen LogP contribution in [0.5, 0.6) is 0 Å². The lowest BCUT2D eigenvalue weighted by atomic mass is 9.68. The van der Waals surface area contributed by atoms with Gasteiger partial charge in [0.15, 0.2) is 0 Å². The smallest absolute Gasteiger partial charge is 0.247 e. The summed E-state index contributed by atoms with van der Waals surface area (Å²) in [5.41, 5.74) is 0.454. The summed E-state index contributed by atoms with van der Waals surface area (Å²) in [6.07, 6.45) is 5.53. The van der Waals surface area contributed by atoms with Gasteiger partial charge in [-0.2, -0.15) is 0 Å². The van der Waals surface area contributed by atoms with E-state index in [-0.39, 0.29) is 36.8 Å². The average Bonchev–Trinajstić information content (AvgIpc) is 3.01. The quantitative estimate of drug-likeness (QED) is 0.573. The third kappa shape index (κ3) is 4.09. The number of β-amino-alcohol motifs (C(OH)–C–C–N with tert-alkyl or cyclic N) is 1. The van der Waals surface area contributed by atoms with Crippen molar-refractivity contribution >= 4 is 35.0 Å². The molecule has 0 bridgehead atoms. The van der Waals surface area contributed by atoms with E-state index in [2.05, 4.69) is 10.6 Å². The minimum Gasteiger partial charge on any atom is -0.395 e. The predicted octanol–water partition coefficient (Wildman–Crippen LogP) is 2.06. The van der Waals surface area contributed by atoms with Crippen molar-refractivity contribution in [1.82, 2.24) is 10.2 Å². The largest absolute Gasteiger partial charge is 0.395 e. The molecule has 7 nitrogen and oxygen atoms in total. The molecule has 1 heterocycles. The number of anilines is 1. The summed E-state index contributed by atoms with van der Waals surface area (Å²) in [5.74, 6) is -2.56. The molecular weight excluding hydrogens is 406 g/mol. The van der Waals surface area contributed by atoms with Gasteiger partial charge in [-0.3, -0.25) is 14.4 Å². The molecule has 0 saturated carbocycles. The Balaban J connectivity index is 1.97. The van der Waals surface area contributed by atoms with E-state index in [4.69, 9.17) is 11.6 Å². The molecule has 162 valence electrons. The van der Waals surface area contributed by atoms with Crippen LogP contribution in [0.3, 0.4) is 0 Å². The molecule has 30 heavy (non-hydrogen) atoms. The highest BCUT2D eigenvalue weighted by Gasteiger charge is 2.56. The van der Waals surface area contributed by atoms with Gasteiger partial charge in [0.1, 0.15) is 6.04 Å². The Hall–Kier alpha value is -2.38. The molecule has 0 unspecified atom stereocenters. The summed E-state index contributed by atoms with van der Waals surface area (Å²) in [6.45, 7) is 1.79. The Bertz CT molecular complexity index is 843. The van der Waals surface area contributed by atoms with Gasteiger partial charge in [-0.15, -0.1) is 0 Å². The van der Waals surface area contributed by atoms with Crippen LogP contribution < -0.4 is 10.6 Å². The SMILES string of the molecule is CCC[C@@H]1C=C[C@H]2[C@H](C(=O)N(CCO)[C@@H]2C(=O)Nc2ccccc2Cl)[C@@H]1C(=O)NC. The summed E-state index contributed by atoms with van der Waals surface area (Å²) in [5, 5.41) is 15.4. The fraction of sp³-hybridized carbons (Fsp3) is 0.500. The maximum Gasteiger partial charge on any atom is 0.247 e. The summed E-state index contributed by atoms with van der Waals surface area (Å²) in [4.78, 5) is 40.7. The number of fused-ring (bicyclic) bond motifs is 1. The number of amides is 3. The lowest BCUT2D eigenvalue weighted by Crippen LogP contribution is -2.45. The number of benzene rings is 1. The first-order valence-electron chi connectivity index (χ1n) is 10.3. The minimum atomic E-state index is -0.822. The minimum absolute atomic E-state index is 0.0270. The van der Waals surface area contributed by atoms with E-state index in [1.807, 2.05) is 19.1 Å². The molecule has 0 aromatic heterocycles. The molecule has 2 aliphatic rings. The normalized spacial score (nSPS) is 27.7. The Morgan fingerprint density at radius 3 is 2.57 bits per heavy atom. The number of nitrogens with zero attached hydrogens (tertiary/aromatic N) is 1. The molecule has 3 amide bonds. The van der Waals surface area contributed by atoms with Gasteiger partial charge in [0.2, 0.25) is 17.7 Å². The number of aliphatic hydroxyl groups is 1. The zero-order chi connectivity index (χ0) is 21.8. The number of hydrogen-bond donors (Lipinski definition) is 3. The number of nitrogens with one attached hydrogen (secondary N) is 2. The summed E-state index contributed by atoms with van der Waals surface area (Å²) >= 11 is 6.17. The summed E-state index contributed by atoms with van der Waals surface area (Å²) < 4.78 is 0. The van der Waals surface area contributed by atoms with Crippen molar-refractivity contribution in [1.29, 1.82) is 0 Å². The lowest BCUT2D eigenvalue weighted by molar-refractivity contribution is -0.140. The zero-order valence-electron chi connectivity index (χ0n) is 17.2. The van der Waals surface area contributed by atoms with E-state index in [1.165, 1.54) is 4.90 Å². The van der Waals surface area contributed by atoms with Gasteiger partial charge in [0.05, 0.1) is 29.2 Å². The number of aliphatic hydroxyl groups excluding tert-OH is 1. The molecule has 3 N–H and O–H groups in total. The molecule has 0 spiro atoms. The first-order valence-corrected chi connectivity index (χ1v) is 10.7. The Labute approximate surface area is 181 Å². The highest BCUT2D eigenvalue weighted by Crippen LogP contribution is 2.45. The highest BCUT2D eigenvalue weighted by molar-refractivity contribution is 6.33. The van der Waals surface area contributed by atoms with Crippen LogP contribution >= 0.6 is 11.6 Å². The Morgan fingerprint density at radius 2 is 1.93 bits per heavy atom. The number of para-hydroxylation sites is 1. The lowest BCUT2D eigenvalue weighted by Gasteiger charge is -2.34. The van der Waals surface area contributed by atoms with Gasteiger partial charge in [0.25, 0.3) is 0 Å². The monoisotopic (exact) mass is 433 g/mol. The molecule has 1 aromatic rings. The van der Waals surface area contributed by atoms with E-state index in [1.54, 1.807) is 31.3 Å². The van der Waals surface area contributed by atoms with Crippen LogP contribution in [-0.2, 0) is 14.4 Å². The van der Waals surface area contributed by atoms with Crippen molar-refractivity contribution in [3.05, 3.63) is 41.4 Å². The summed E-state index contributed by atoms with van der Waals surface area (Å²) in [7, 11) is 1.56. The number of carbonyl (C=O) groups is 3. The van der Waals surface area contributed by atoms with E-state index in [0.717, 1.165) is 12.8 Å². The molecule has 1 fully saturated rings. The number of hydrogen-bond acceptors (Lipinski definition) is 4.